The average Bonchev–Trinajstić information content (AvgIpc) is 2.03. The van der Waals surface area contributed by atoms with E-state index >= 15 is 0 Å². The van der Waals surface area contributed by atoms with Crippen molar-refractivity contribution in [2.24, 2.45) is 0 Å². The molecule has 0 nitrogen and oxygen atoms in total. The van der Waals surface area contributed by atoms with Gasteiger partial charge in [-0.1, -0.05) is 0 Å². The maximum atomic E-state index is 11.0. The zero-order valence-corrected chi connectivity index (χ0v) is 6.39. The van der Waals surface area contributed by atoms with Crippen LogP contribution in [0, 0.1) is 0 Å². The van der Waals surface area contributed by atoms with E-state index in [4.69, 9.17) is 0 Å². The molecule has 0 aromatic rings. The van der Waals surface area contributed by atoms with Crippen molar-refractivity contribution >= 4 is 0 Å². The molecule has 0 atom stereocenters. The summed E-state index contributed by atoms with van der Waals surface area (Å²) in [7, 11) is 0. The van der Waals surface area contributed by atoms with E-state index in [-0.39, 0.29) is 4.70 Å². The number of rotatable bonds is 1. The summed E-state index contributed by atoms with van der Waals surface area (Å²) in [6.45, 7) is 0. The van der Waals surface area contributed by atoms with Crippen LogP contribution in [0.3, 0.4) is 0 Å². The van der Waals surface area contributed by atoms with E-state index in [0.29, 0.717) is 0 Å². The van der Waals surface area contributed by atoms with Gasteiger partial charge in [0.2, 0.25) is 5.83 Å². The normalized spacial score (nSPS) is 8.40. The molecule has 92 valence electrons. The minimum Gasteiger partial charge on any atom is -0.269 e. The summed E-state index contributed by atoms with van der Waals surface area (Å²) in [6.07, 6.45) is -12.5. The van der Waals surface area contributed by atoms with Crippen LogP contribution in [0.15, 0.2) is 24.1 Å². The highest BCUT2D eigenvalue weighted by Gasteiger charge is 2.16. The lowest BCUT2D eigenvalue weighted by Gasteiger charge is -1.88. The molecule has 0 bridgehead atoms. The molecule has 0 N–H and O–H groups in total. The summed E-state index contributed by atoms with van der Waals surface area (Å²) in [6, 6.07) is 0. The van der Waals surface area contributed by atoms with Gasteiger partial charge in [-0.2, -0.15) is 30.7 Å². The zero-order valence-electron chi connectivity index (χ0n) is 6.39. The molecule has 0 aliphatic heterocycles. The van der Waals surface area contributed by atoms with Gasteiger partial charge in [0.05, 0.1) is 0 Å². The van der Waals surface area contributed by atoms with Crippen LogP contribution in [0.1, 0.15) is 0 Å². The van der Waals surface area contributed by atoms with Crippen LogP contribution in [-0.4, -0.2) is 6.43 Å². The molecule has 0 unspecified atom stereocenters. The largest absolute Gasteiger partial charge is 0.334 e. The van der Waals surface area contributed by atoms with Crippen molar-refractivity contribution in [2.45, 2.75) is 6.43 Å². The Morgan fingerprint density at radius 2 is 0.867 bits per heavy atom. The van der Waals surface area contributed by atoms with Gasteiger partial charge in [0.15, 0.2) is 0 Å². The molecule has 0 saturated carbocycles. The first-order valence-corrected chi connectivity index (χ1v) is 2.55. The van der Waals surface area contributed by atoms with E-state index in [1.807, 2.05) is 0 Å². The number of hydrogen-bond acceptors (Lipinski definition) is 0. The molecule has 0 fully saturated rings. The van der Waals surface area contributed by atoms with E-state index in [2.05, 4.69) is 0 Å². The van der Waals surface area contributed by atoms with E-state index in [0.717, 1.165) is 0 Å². The predicted molar refractivity (Wildman–Crippen MR) is 30.3 cm³/mol. The standard InChI is InChI=1S/C3HF5.C2F4.FH/c4-1(2(5)6)3(7)8;3-1(4)2(5)6;/h2H;;1H. The Morgan fingerprint density at radius 1 is 0.600 bits per heavy atom. The van der Waals surface area contributed by atoms with E-state index in [1.165, 1.54) is 0 Å². The van der Waals surface area contributed by atoms with Crippen LogP contribution in [0.2, 0.25) is 0 Å². The summed E-state index contributed by atoms with van der Waals surface area (Å²) < 4.78 is 95.1. The monoisotopic (exact) mass is 252 g/mol. The maximum Gasteiger partial charge on any atom is 0.334 e. The first kappa shape index (κ1) is 19.4. The summed E-state index contributed by atoms with van der Waals surface area (Å²) in [5.74, 6) is -2.65. The van der Waals surface area contributed by atoms with Crippen molar-refractivity contribution in [3.8, 4) is 0 Å². The molecule has 0 aromatic heterocycles. The summed E-state index contributed by atoms with van der Waals surface area (Å²) in [5, 5.41) is 0. The minimum atomic E-state index is -3.69. The van der Waals surface area contributed by atoms with Gasteiger partial charge in [0.1, 0.15) is 0 Å². The first-order chi connectivity index (χ1) is 6.20. The van der Waals surface area contributed by atoms with Gasteiger partial charge in [0, 0.05) is 0 Å². The average molecular weight is 252 g/mol. The molecule has 0 heterocycles. The molecule has 15 heavy (non-hydrogen) atoms. The third-order valence-electron chi connectivity index (χ3n) is 0.515. The highest BCUT2D eigenvalue weighted by molar-refractivity contribution is 4.93. The lowest BCUT2D eigenvalue weighted by atomic mass is 10.6. The second-order valence-electron chi connectivity index (χ2n) is 1.43. The minimum absolute atomic E-state index is 0. The SMILES string of the molecule is F.FC(F)=C(F)C(F)F.FC(F)=C(F)F. The van der Waals surface area contributed by atoms with Gasteiger partial charge >= 0.3 is 18.2 Å². The molecule has 0 spiro atoms. The highest BCUT2D eigenvalue weighted by Crippen LogP contribution is 2.16. The second kappa shape index (κ2) is 9.34. The van der Waals surface area contributed by atoms with Crippen molar-refractivity contribution in [1.82, 2.24) is 0 Å². The van der Waals surface area contributed by atoms with E-state index in [1.54, 1.807) is 0 Å². The Balaban J connectivity index is -0.000000187. The Morgan fingerprint density at radius 3 is 0.867 bits per heavy atom. The molecular formula is C5H2F10. The lowest BCUT2D eigenvalue weighted by molar-refractivity contribution is 0.145. The lowest BCUT2D eigenvalue weighted by Crippen LogP contribution is -1.90. The van der Waals surface area contributed by atoms with Gasteiger partial charge in [0.25, 0.3) is 6.43 Å². The molecule has 0 rings (SSSR count). The first-order valence-electron chi connectivity index (χ1n) is 2.55. The van der Waals surface area contributed by atoms with Crippen LogP contribution < -0.4 is 0 Å². The molecule has 0 aliphatic carbocycles. The van der Waals surface area contributed by atoms with E-state index in [9.17, 15) is 39.5 Å². The van der Waals surface area contributed by atoms with Crippen LogP contribution in [-0.2, 0) is 0 Å². The van der Waals surface area contributed by atoms with Gasteiger partial charge in [-0.05, 0) is 0 Å². The van der Waals surface area contributed by atoms with Gasteiger partial charge < -0.3 is 0 Å². The summed E-state index contributed by atoms with van der Waals surface area (Å²) in [4.78, 5) is 0. The molecule has 0 aromatic carbocycles. The predicted octanol–water partition coefficient (Wildman–Crippen LogP) is 4.47. The highest BCUT2D eigenvalue weighted by atomic mass is 19.3. The third kappa shape index (κ3) is 12.8. The van der Waals surface area contributed by atoms with Crippen molar-refractivity contribution in [2.75, 3.05) is 0 Å². The fourth-order valence-corrected chi connectivity index (χ4v) is 0.0825. The van der Waals surface area contributed by atoms with Crippen molar-refractivity contribution in [3.05, 3.63) is 24.1 Å². The van der Waals surface area contributed by atoms with Gasteiger partial charge in [-0.3, -0.25) is 4.70 Å². The van der Waals surface area contributed by atoms with Gasteiger partial charge in [-0.25, -0.2) is 8.78 Å². The molecule has 0 aliphatic rings. The number of hydrogen-bond donors (Lipinski definition) is 0. The molecule has 0 saturated heterocycles. The van der Waals surface area contributed by atoms with E-state index < -0.39 is 30.5 Å². The van der Waals surface area contributed by atoms with Crippen molar-refractivity contribution in [1.29, 1.82) is 0 Å². The Bertz CT molecular complexity index is 206. The van der Waals surface area contributed by atoms with Crippen LogP contribution in [0.5, 0.6) is 0 Å². The van der Waals surface area contributed by atoms with Crippen LogP contribution in [0.4, 0.5) is 44.2 Å². The van der Waals surface area contributed by atoms with Gasteiger partial charge in [-0.15, -0.1) is 0 Å². The fourth-order valence-electron chi connectivity index (χ4n) is 0.0825. The number of halogens is 10. The van der Waals surface area contributed by atoms with Crippen LogP contribution in [0.25, 0.3) is 0 Å². The van der Waals surface area contributed by atoms with Crippen molar-refractivity contribution in [3.63, 3.8) is 0 Å². The quantitative estimate of drug-likeness (QED) is 0.604. The smallest absolute Gasteiger partial charge is 0.269 e. The molecule has 0 radical (unpaired) electrons. The Hall–Kier alpha value is -1.22. The zero-order chi connectivity index (χ0) is 11.9. The molecule has 10 heteroatoms. The maximum absolute atomic E-state index is 11.0. The topological polar surface area (TPSA) is 0 Å². The summed E-state index contributed by atoms with van der Waals surface area (Å²) >= 11 is 0. The Labute approximate surface area is 76.0 Å². The molecule has 0 amide bonds. The number of alkyl halides is 2. The third-order valence-corrected chi connectivity index (χ3v) is 0.515. The Kier molecular flexibility index (Phi) is 12.1. The fraction of sp³-hybridized carbons (Fsp3) is 0.200. The summed E-state index contributed by atoms with van der Waals surface area (Å²) in [5.41, 5.74) is 0. The van der Waals surface area contributed by atoms with Crippen LogP contribution >= 0.6 is 0 Å². The van der Waals surface area contributed by atoms with Crippen molar-refractivity contribution < 1.29 is 44.2 Å². The number of allylic oxidation sites excluding steroid dienone is 1. The second-order valence-corrected chi connectivity index (χ2v) is 1.43. The molecular weight excluding hydrogens is 250 g/mol.